The van der Waals surface area contributed by atoms with E-state index in [9.17, 15) is 0 Å². The van der Waals surface area contributed by atoms with Gasteiger partial charge in [-0.15, -0.1) is 12.4 Å². The van der Waals surface area contributed by atoms with Crippen molar-refractivity contribution in [2.75, 3.05) is 11.9 Å². The summed E-state index contributed by atoms with van der Waals surface area (Å²) in [6.07, 6.45) is 0. The Morgan fingerprint density at radius 3 is 2.70 bits per heavy atom. The molecule has 0 amide bonds. The van der Waals surface area contributed by atoms with Crippen LogP contribution in [0, 0.1) is 11.3 Å². The second-order valence-corrected chi connectivity index (χ2v) is 4.10. The van der Waals surface area contributed by atoms with E-state index in [0.717, 1.165) is 11.4 Å². The second-order valence-electron chi connectivity index (χ2n) is 4.10. The summed E-state index contributed by atoms with van der Waals surface area (Å²) in [5.41, 5.74) is 2.09. The van der Waals surface area contributed by atoms with Crippen LogP contribution in [0.1, 0.15) is 5.56 Å². The lowest BCUT2D eigenvalue weighted by molar-refractivity contribution is 0.372. The van der Waals surface area contributed by atoms with E-state index in [4.69, 9.17) is 10.00 Å². The number of nitriles is 1. The molecule has 0 atom stereocenters. The highest BCUT2D eigenvalue weighted by molar-refractivity contribution is 6.01. The quantitative estimate of drug-likeness (QED) is 0.872. The number of benzene rings is 2. The van der Waals surface area contributed by atoms with Crippen LogP contribution in [0.25, 0.3) is 0 Å². The zero-order valence-electron chi connectivity index (χ0n) is 10.5. The van der Waals surface area contributed by atoms with Crippen molar-refractivity contribution in [2.45, 2.75) is 0 Å². The summed E-state index contributed by atoms with van der Waals surface area (Å²) in [6, 6.07) is 17.1. The van der Waals surface area contributed by atoms with Gasteiger partial charge in [0, 0.05) is 0 Å². The van der Waals surface area contributed by atoms with Gasteiger partial charge >= 0.3 is 0 Å². The Morgan fingerprint density at radius 2 is 1.85 bits per heavy atom. The van der Waals surface area contributed by atoms with E-state index in [1.54, 1.807) is 6.07 Å². The van der Waals surface area contributed by atoms with E-state index in [0.29, 0.717) is 23.7 Å². The molecule has 0 saturated carbocycles. The van der Waals surface area contributed by atoms with Crippen molar-refractivity contribution in [1.29, 1.82) is 5.26 Å². The average Bonchev–Trinajstić information content (AvgIpc) is 2.48. The monoisotopic (exact) mass is 285 g/mol. The SMILES string of the molecule is Cl.N#Cc1ccccc1N=C1COc2ccccc2N1. The Bertz CT molecular complexity index is 692. The first kappa shape index (κ1) is 13.9. The highest BCUT2D eigenvalue weighted by Gasteiger charge is 2.14. The predicted molar refractivity (Wildman–Crippen MR) is 81.1 cm³/mol. The number of hydrogen-bond donors (Lipinski definition) is 1. The third-order valence-corrected chi connectivity index (χ3v) is 2.81. The number of rotatable bonds is 1. The lowest BCUT2D eigenvalue weighted by Crippen LogP contribution is -2.25. The number of ether oxygens (including phenoxy) is 1. The van der Waals surface area contributed by atoms with Crippen molar-refractivity contribution in [3.63, 3.8) is 0 Å². The molecule has 1 aliphatic heterocycles. The molecule has 0 spiro atoms. The molecule has 4 nitrogen and oxygen atoms in total. The fraction of sp³-hybridized carbons (Fsp3) is 0.0667. The Labute approximate surface area is 123 Å². The zero-order chi connectivity index (χ0) is 13.1. The van der Waals surface area contributed by atoms with Gasteiger partial charge in [-0.2, -0.15) is 5.26 Å². The predicted octanol–water partition coefficient (Wildman–Crippen LogP) is 3.51. The van der Waals surface area contributed by atoms with Gasteiger partial charge in [0.05, 0.1) is 16.9 Å². The number of nitrogens with zero attached hydrogens (tertiary/aromatic N) is 2. The molecule has 0 fully saturated rings. The summed E-state index contributed by atoms with van der Waals surface area (Å²) in [6.45, 7) is 0.372. The smallest absolute Gasteiger partial charge is 0.146 e. The summed E-state index contributed by atoms with van der Waals surface area (Å²) in [4.78, 5) is 4.45. The van der Waals surface area contributed by atoms with Crippen LogP contribution in [0.2, 0.25) is 0 Å². The number of aliphatic imine (C=N–C) groups is 1. The van der Waals surface area contributed by atoms with Crippen molar-refractivity contribution < 1.29 is 4.74 Å². The highest BCUT2D eigenvalue weighted by Crippen LogP contribution is 2.27. The van der Waals surface area contributed by atoms with Gasteiger partial charge in [0.2, 0.25) is 0 Å². The lowest BCUT2D eigenvalue weighted by atomic mass is 10.2. The van der Waals surface area contributed by atoms with Crippen LogP contribution in [0.15, 0.2) is 53.5 Å². The standard InChI is InChI=1S/C15H11N3O.ClH/c16-9-11-5-1-2-6-12(11)17-15-10-19-14-8-4-3-7-13(14)18-15;/h1-8H,10H2,(H,17,18);1H. The minimum Gasteiger partial charge on any atom is -0.484 e. The molecule has 0 unspecified atom stereocenters. The third-order valence-electron chi connectivity index (χ3n) is 2.81. The van der Waals surface area contributed by atoms with Gasteiger partial charge in [-0.05, 0) is 24.3 Å². The van der Waals surface area contributed by atoms with Crippen LogP contribution < -0.4 is 10.1 Å². The van der Waals surface area contributed by atoms with E-state index in [1.165, 1.54) is 0 Å². The summed E-state index contributed by atoms with van der Waals surface area (Å²) >= 11 is 0. The molecule has 1 aliphatic rings. The Morgan fingerprint density at radius 1 is 1.10 bits per heavy atom. The number of fused-ring (bicyclic) bond motifs is 1. The van der Waals surface area contributed by atoms with Gasteiger partial charge < -0.3 is 10.1 Å². The van der Waals surface area contributed by atoms with Crippen molar-refractivity contribution in [2.24, 2.45) is 4.99 Å². The molecular weight excluding hydrogens is 274 g/mol. The third kappa shape index (κ3) is 2.73. The molecule has 5 heteroatoms. The van der Waals surface area contributed by atoms with E-state index in [-0.39, 0.29) is 12.4 Å². The van der Waals surface area contributed by atoms with Crippen LogP contribution >= 0.6 is 12.4 Å². The largest absolute Gasteiger partial charge is 0.484 e. The molecule has 0 radical (unpaired) electrons. The molecule has 2 aromatic carbocycles. The van der Waals surface area contributed by atoms with Gasteiger partial charge in [-0.1, -0.05) is 24.3 Å². The molecule has 1 heterocycles. The van der Waals surface area contributed by atoms with E-state index < -0.39 is 0 Å². The fourth-order valence-electron chi connectivity index (χ4n) is 1.90. The summed E-state index contributed by atoms with van der Waals surface area (Å²) in [7, 11) is 0. The van der Waals surface area contributed by atoms with Gasteiger partial charge in [0.25, 0.3) is 0 Å². The van der Waals surface area contributed by atoms with Crippen LogP contribution in [-0.2, 0) is 0 Å². The molecule has 3 rings (SSSR count). The second kappa shape index (κ2) is 6.09. The topological polar surface area (TPSA) is 57.4 Å². The molecule has 0 saturated heterocycles. The average molecular weight is 286 g/mol. The Hall–Kier alpha value is -2.51. The van der Waals surface area contributed by atoms with Crippen LogP contribution in [0.3, 0.4) is 0 Å². The summed E-state index contributed by atoms with van der Waals surface area (Å²) in [5, 5.41) is 12.2. The first-order chi connectivity index (χ1) is 9.36. The number of hydrogen-bond acceptors (Lipinski definition) is 3. The number of amidine groups is 1. The van der Waals surface area contributed by atoms with Crippen LogP contribution in [0.4, 0.5) is 11.4 Å². The first-order valence-electron chi connectivity index (χ1n) is 5.92. The van der Waals surface area contributed by atoms with Crippen molar-refractivity contribution in [3.05, 3.63) is 54.1 Å². The highest BCUT2D eigenvalue weighted by atomic mass is 35.5. The molecule has 2 aromatic rings. The maximum Gasteiger partial charge on any atom is 0.146 e. The fourth-order valence-corrected chi connectivity index (χ4v) is 1.90. The van der Waals surface area contributed by atoms with E-state index in [1.807, 2.05) is 42.5 Å². The molecular formula is C15H12ClN3O. The number of halogens is 1. The first-order valence-corrected chi connectivity index (χ1v) is 5.92. The molecule has 0 aromatic heterocycles. The van der Waals surface area contributed by atoms with Crippen molar-refractivity contribution in [3.8, 4) is 11.8 Å². The number of nitrogens with one attached hydrogen (secondary N) is 1. The Balaban J connectivity index is 0.00000147. The van der Waals surface area contributed by atoms with E-state index in [2.05, 4.69) is 16.4 Å². The molecule has 0 aliphatic carbocycles. The van der Waals surface area contributed by atoms with Crippen LogP contribution in [-0.4, -0.2) is 12.4 Å². The molecule has 100 valence electrons. The molecule has 0 bridgehead atoms. The maximum absolute atomic E-state index is 9.03. The molecule has 20 heavy (non-hydrogen) atoms. The lowest BCUT2D eigenvalue weighted by Gasteiger charge is -2.20. The van der Waals surface area contributed by atoms with Gasteiger partial charge in [-0.3, -0.25) is 0 Å². The van der Waals surface area contributed by atoms with Gasteiger partial charge in [0.1, 0.15) is 24.3 Å². The molecule has 1 N–H and O–H groups in total. The summed E-state index contributed by atoms with van der Waals surface area (Å²) in [5.74, 6) is 1.51. The normalized spacial score (nSPS) is 14.2. The van der Waals surface area contributed by atoms with E-state index >= 15 is 0 Å². The van der Waals surface area contributed by atoms with Gasteiger partial charge in [0.15, 0.2) is 0 Å². The van der Waals surface area contributed by atoms with Crippen molar-refractivity contribution >= 4 is 29.6 Å². The minimum absolute atomic E-state index is 0. The Kier molecular flexibility index (Phi) is 4.24. The maximum atomic E-state index is 9.03. The van der Waals surface area contributed by atoms with Crippen molar-refractivity contribution in [1.82, 2.24) is 0 Å². The van der Waals surface area contributed by atoms with Crippen LogP contribution in [0.5, 0.6) is 5.75 Å². The summed E-state index contributed by atoms with van der Waals surface area (Å²) < 4.78 is 5.61. The minimum atomic E-state index is 0. The number of anilines is 1. The zero-order valence-corrected chi connectivity index (χ0v) is 11.4. The van der Waals surface area contributed by atoms with Gasteiger partial charge in [-0.25, -0.2) is 4.99 Å². The number of para-hydroxylation sites is 3.